The Hall–Kier alpha value is -0.300. The maximum atomic E-state index is 4.05. The molecule has 1 N–H and O–H groups in total. The Kier molecular flexibility index (Phi) is 11.0. The molecule has 0 saturated carbocycles. The fraction of sp³-hybridized carbons (Fsp3) is 0.867. The molecule has 0 spiro atoms. The molecule has 16 heavy (non-hydrogen) atoms. The van der Waals surface area contributed by atoms with Crippen molar-refractivity contribution in [3.8, 4) is 0 Å². The number of nitrogens with one attached hydrogen (secondary N) is 1. The maximum Gasteiger partial charge on any atom is 0.0273 e. The average Bonchev–Trinajstić information content (AvgIpc) is 2.26. The molecule has 0 aromatic carbocycles. The van der Waals surface area contributed by atoms with E-state index >= 15 is 0 Å². The fourth-order valence-corrected chi connectivity index (χ4v) is 2.07. The summed E-state index contributed by atoms with van der Waals surface area (Å²) in [5.41, 5.74) is 1.29. The van der Waals surface area contributed by atoms with Crippen LogP contribution in [0.15, 0.2) is 12.2 Å². The molecule has 0 aromatic heterocycles. The lowest BCUT2D eigenvalue weighted by Crippen LogP contribution is -2.29. The van der Waals surface area contributed by atoms with Crippen LogP contribution in [0.3, 0.4) is 0 Å². The van der Waals surface area contributed by atoms with Crippen molar-refractivity contribution in [2.45, 2.75) is 78.2 Å². The second-order valence-electron chi connectivity index (χ2n) is 4.87. The molecule has 1 atom stereocenters. The first-order valence-electron chi connectivity index (χ1n) is 7.11. The first kappa shape index (κ1) is 15.7. The summed E-state index contributed by atoms with van der Waals surface area (Å²) in [6.07, 6.45) is 11.0. The van der Waals surface area contributed by atoms with Gasteiger partial charge in [-0.2, -0.15) is 0 Å². The summed E-state index contributed by atoms with van der Waals surface area (Å²) in [5, 5.41) is 3.49. The van der Waals surface area contributed by atoms with Crippen LogP contribution in [0.25, 0.3) is 0 Å². The highest BCUT2D eigenvalue weighted by Crippen LogP contribution is 2.12. The second-order valence-corrected chi connectivity index (χ2v) is 4.87. The van der Waals surface area contributed by atoms with Crippen molar-refractivity contribution in [3.05, 3.63) is 12.2 Å². The van der Waals surface area contributed by atoms with Gasteiger partial charge in [0.05, 0.1) is 0 Å². The Morgan fingerprint density at radius 1 is 1.00 bits per heavy atom. The van der Waals surface area contributed by atoms with Crippen molar-refractivity contribution in [3.63, 3.8) is 0 Å². The van der Waals surface area contributed by atoms with Crippen LogP contribution in [0.4, 0.5) is 0 Å². The van der Waals surface area contributed by atoms with Gasteiger partial charge in [-0.15, -0.1) is 0 Å². The lowest BCUT2D eigenvalue weighted by molar-refractivity contribution is 0.502. The van der Waals surface area contributed by atoms with Gasteiger partial charge in [0.25, 0.3) is 0 Å². The smallest absolute Gasteiger partial charge is 0.0273 e. The highest BCUT2D eigenvalue weighted by atomic mass is 14.9. The monoisotopic (exact) mass is 225 g/mol. The number of hydrogen-bond donors (Lipinski definition) is 1. The van der Waals surface area contributed by atoms with Crippen molar-refractivity contribution in [2.75, 3.05) is 6.54 Å². The van der Waals surface area contributed by atoms with Crippen molar-refractivity contribution in [2.24, 2.45) is 0 Å². The Morgan fingerprint density at radius 3 is 2.06 bits per heavy atom. The molecule has 96 valence electrons. The van der Waals surface area contributed by atoms with E-state index in [0.29, 0.717) is 6.04 Å². The lowest BCUT2D eigenvalue weighted by Gasteiger charge is -2.17. The third kappa shape index (κ3) is 8.96. The van der Waals surface area contributed by atoms with Crippen LogP contribution >= 0.6 is 0 Å². The summed E-state index contributed by atoms with van der Waals surface area (Å²) in [4.78, 5) is 0. The zero-order chi connectivity index (χ0) is 12.2. The topological polar surface area (TPSA) is 12.0 Å². The van der Waals surface area contributed by atoms with Crippen LogP contribution < -0.4 is 5.32 Å². The van der Waals surface area contributed by atoms with Crippen molar-refractivity contribution < 1.29 is 0 Å². The largest absolute Gasteiger partial charge is 0.311 e. The van der Waals surface area contributed by atoms with Crippen LogP contribution in [0, 0.1) is 0 Å². The molecule has 0 aromatic rings. The van der Waals surface area contributed by atoms with E-state index in [1.54, 1.807) is 0 Å². The van der Waals surface area contributed by atoms with E-state index in [2.05, 4.69) is 32.7 Å². The molecular formula is C15H31N. The lowest BCUT2D eigenvalue weighted by atomic mass is 10.0. The Bertz CT molecular complexity index is 163. The minimum Gasteiger partial charge on any atom is -0.311 e. The molecule has 0 aliphatic heterocycles. The van der Waals surface area contributed by atoms with Gasteiger partial charge < -0.3 is 5.32 Å². The van der Waals surface area contributed by atoms with Gasteiger partial charge >= 0.3 is 0 Å². The number of hydrogen-bond acceptors (Lipinski definition) is 1. The Morgan fingerprint density at radius 2 is 1.56 bits per heavy atom. The summed E-state index contributed by atoms with van der Waals surface area (Å²) in [6, 6.07) is 0.542. The average molecular weight is 225 g/mol. The zero-order valence-electron chi connectivity index (χ0n) is 11.6. The van der Waals surface area contributed by atoms with Gasteiger partial charge in [0.15, 0.2) is 0 Å². The van der Waals surface area contributed by atoms with Crippen LogP contribution in [0.5, 0.6) is 0 Å². The summed E-state index contributed by atoms with van der Waals surface area (Å²) in [7, 11) is 0. The van der Waals surface area contributed by atoms with Gasteiger partial charge in [-0.1, -0.05) is 70.9 Å². The molecule has 0 aliphatic carbocycles. The van der Waals surface area contributed by atoms with Crippen LogP contribution in [0.1, 0.15) is 72.1 Å². The molecule has 1 nitrogen and oxygen atoms in total. The molecule has 0 fully saturated rings. The van der Waals surface area contributed by atoms with Crippen molar-refractivity contribution >= 4 is 0 Å². The third-order valence-corrected chi connectivity index (χ3v) is 3.14. The Labute approximate surface area is 103 Å². The highest BCUT2D eigenvalue weighted by molar-refractivity contribution is 5.00. The summed E-state index contributed by atoms with van der Waals surface area (Å²) in [5.74, 6) is 0. The number of likely N-dealkylation sites (N-methyl/N-ethyl adjacent to an activating group) is 1. The fourth-order valence-electron chi connectivity index (χ4n) is 2.07. The minimum atomic E-state index is 0.542. The molecular weight excluding hydrogens is 194 g/mol. The summed E-state index contributed by atoms with van der Waals surface area (Å²) >= 11 is 0. The van der Waals surface area contributed by atoms with Crippen LogP contribution in [-0.2, 0) is 0 Å². The molecule has 0 amide bonds. The predicted octanol–water partition coefficient (Wildman–Crippen LogP) is 4.68. The molecule has 0 heterocycles. The number of rotatable bonds is 11. The van der Waals surface area contributed by atoms with E-state index in [4.69, 9.17) is 0 Å². The standard InChI is InChI=1S/C15H31N/c1-5-7-8-9-10-11-12-13-15(14(3)4)16-6-2/h15-16H,3,5-13H2,1-2,4H3. The van der Waals surface area contributed by atoms with Crippen molar-refractivity contribution in [1.29, 1.82) is 0 Å². The second kappa shape index (κ2) is 11.2. The van der Waals surface area contributed by atoms with Gasteiger partial charge in [0.2, 0.25) is 0 Å². The van der Waals surface area contributed by atoms with E-state index in [0.717, 1.165) is 6.54 Å². The molecule has 0 aliphatic rings. The minimum absolute atomic E-state index is 0.542. The molecule has 0 radical (unpaired) electrons. The molecule has 1 heteroatoms. The van der Waals surface area contributed by atoms with Crippen molar-refractivity contribution in [1.82, 2.24) is 5.32 Å². The van der Waals surface area contributed by atoms with E-state index in [9.17, 15) is 0 Å². The van der Waals surface area contributed by atoms with Gasteiger partial charge in [-0.3, -0.25) is 0 Å². The third-order valence-electron chi connectivity index (χ3n) is 3.14. The van der Waals surface area contributed by atoms with Gasteiger partial charge in [-0.25, -0.2) is 0 Å². The quantitative estimate of drug-likeness (QED) is 0.397. The zero-order valence-corrected chi connectivity index (χ0v) is 11.6. The molecule has 1 unspecified atom stereocenters. The summed E-state index contributed by atoms with van der Waals surface area (Å²) < 4.78 is 0. The molecule has 0 saturated heterocycles. The van der Waals surface area contributed by atoms with Crippen LogP contribution in [0.2, 0.25) is 0 Å². The van der Waals surface area contributed by atoms with E-state index in [1.807, 2.05) is 0 Å². The summed E-state index contributed by atoms with van der Waals surface area (Å²) in [6.45, 7) is 11.7. The molecule has 0 rings (SSSR count). The van der Waals surface area contributed by atoms with Crippen LogP contribution in [-0.4, -0.2) is 12.6 Å². The predicted molar refractivity (Wildman–Crippen MR) is 74.9 cm³/mol. The van der Waals surface area contributed by atoms with Gasteiger partial charge in [0, 0.05) is 6.04 Å². The van der Waals surface area contributed by atoms with Gasteiger partial charge in [-0.05, 0) is 19.9 Å². The highest BCUT2D eigenvalue weighted by Gasteiger charge is 2.06. The first-order chi connectivity index (χ1) is 7.72. The Balaban J connectivity index is 3.37. The van der Waals surface area contributed by atoms with Gasteiger partial charge in [0.1, 0.15) is 0 Å². The SMILES string of the molecule is C=C(C)C(CCCCCCCCC)NCC. The van der Waals surface area contributed by atoms with E-state index in [1.165, 1.54) is 56.9 Å². The number of unbranched alkanes of at least 4 members (excludes halogenated alkanes) is 6. The first-order valence-corrected chi connectivity index (χ1v) is 7.11. The molecule has 0 bridgehead atoms. The maximum absolute atomic E-state index is 4.05. The van der Waals surface area contributed by atoms with E-state index < -0.39 is 0 Å². The normalized spacial score (nSPS) is 12.7. The van der Waals surface area contributed by atoms with E-state index in [-0.39, 0.29) is 0 Å².